The lowest BCUT2D eigenvalue weighted by Gasteiger charge is -2.19. The average Bonchev–Trinajstić information content (AvgIpc) is 3.14. The van der Waals surface area contributed by atoms with Crippen LogP contribution in [-0.4, -0.2) is 33.6 Å². The smallest absolute Gasteiger partial charge is 0.312 e. The number of nitro groups is 1. The van der Waals surface area contributed by atoms with Gasteiger partial charge in [0.05, 0.1) is 10.4 Å². The fourth-order valence-corrected chi connectivity index (χ4v) is 4.14. The third-order valence-corrected chi connectivity index (χ3v) is 6.68. The predicted octanol–water partition coefficient (Wildman–Crippen LogP) is 3.42. The van der Waals surface area contributed by atoms with Crippen LogP contribution in [0.4, 0.5) is 11.6 Å². The van der Waals surface area contributed by atoms with E-state index in [9.17, 15) is 10.1 Å². The Labute approximate surface area is 155 Å². The van der Waals surface area contributed by atoms with Crippen molar-refractivity contribution < 1.29 is 4.92 Å². The molecule has 1 aromatic carbocycles. The third kappa shape index (κ3) is 2.72. The molecule has 0 radical (unpaired) electrons. The minimum atomic E-state index is -0.370. The highest BCUT2D eigenvalue weighted by molar-refractivity contribution is 9.13. The maximum absolute atomic E-state index is 11.6. The molecule has 2 heterocycles. The molecule has 0 amide bonds. The molecule has 0 spiro atoms. The first-order valence-corrected chi connectivity index (χ1v) is 9.57. The molecule has 9 heteroatoms. The second-order valence-corrected chi connectivity index (χ2v) is 8.25. The van der Waals surface area contributed by atoms with Crippen LogP contribution in [0.1, 0.15) is 19.3 Å². The van der Waals surface area contributed by atoms with Gasteiger partial charge in [0.15, 0.2) is 5.52 Å². The van der Waals surface area contributed by atoms with Gasteiger partial charge < -0.3 is 15.2 Å². The van der Waals surface area contributed by atoms with Crippen LogP contribution < -0.4 is 10.6 Å². The van der Waals surface area contributed by atoms with Crippen LogP contribution in [0, 0.1) is 16.0 Å². The Morgan fingerprint density at radius 1 is 1.38 bits per heavy atom. The van der Waals surface area contributed by atoms with Crippen LogP contribution >= 0.6 is 31.9 Å². The van der Waals surface area contributed by atoms with Crippen molar-refractivity contribution in [3.8, 4) is 0 Å². The molecule has 1 aliphatic carbocycles. The molecule has 1 saturated heterocycles. The summed E-state index contributed by atoms with van der Waals surface area (Å²) in [5.74, 6) is 1.44. The van der Waals surface area contributed by atoms with Crippen LogP contribution in [0.2, 0.25) is 0 Å². The van der Waals surface area contributed by atoms with Crippen molar-refractivity contribution in [2.45, 2.75) is 31.8 Å². The number of fused-ring (bicyclic) bond motifs is 1. The van der Waals surface area contributed by atoms with E-state index in [1.54, 1.807) is 0 Å². The Morgan fingerprint density at radius 3 is 2.71 bits per heavy atom. The zero-order chi connectivity index (χ0) is 17.0. The van der Waals surface area contributed by atoms with E-state index in [0.717, 1.165) is 37.5 Å². The zero-order valence-electron chi connectivity index (χ0n) is 12.9. The summed E-state index contributed by atoms with van der Waals surface area (Å²) in [4.78, 5) is 18.0. The van der Waals surface area contributed by atoms with Gasteiger partial charge in [0.25, 0.3) is 0 Å². The van der Waals surface area contributed by atoms with E-state index < -0.39 is 0 Å². The summed E-state index contributed by atoms with van der Waals surface area (Å²) >= 11 is 6.75. The van der Waals surface area contributed by atoms with Crippen molar-refractivity contribution >= 4 is 54.5 Å². The minimum absolute atomic E-state index is 0.0127. The quantitative estimate of drug-likeness (QED) is 0.559. The van der Waals surface area contributed by atoms with E-state index >= 15 is 0 Å². The number of rotatable bonds is 4. The Hall–Kier alpha value is -1.19. The van der Waals surface area contributed by atoms with Gasteiger partial charge in [-0.05, 0) is 63.1 Å². The van der Waals surface area contributed by atoms with Gasteiger partial charge in [0.2, 0.25) is 5.95 Å². The van der Waals surface area contributed by atoms with Crippen LogP contribution in [0.5, 0.6) is 0 Å². The Bertz CT molecular complexity index is 833. The zero-order valence-corrected chi connectivity index (χ0v) is 16.1. The van der Waals surface area contributed by atoms with Crippen molar-refractivity contribution in [1.29, 1.82) is 0 Å². The van der Waals surface area contributed by atoms with Crippen LogP contribution in [0.25, 0.3) is 11.0 Å². The molecule has 24 heavy (non-hydrogen) atoms. The first kappa shape index (κ1) is 16.3. The highest BCUT2D eigenvalue weighted by Gasteiger charge is 2.32. The van der Waals surface area contributed by atoms with E-state index in [1.807, 2.05) is 6.07 Å². The van der Waals surface area contributed by atoms with Crippen molar-refractivity contribution in [1.82, 2.24) is 9.55 Å². The number of nitrogens with two attached hydrogens (primary N) is 1. The number of imidazole rings is 1. The fourth-order valence-electron chi connectivity index (χ4n) is 3.29. The van der Waals surface area contributed by atoms with Gasteiger partial charge in [-0.15, -0.1) is 0 Å². The van der Waals surface area contributed by atoms with E-state index in [4.69, 9.17) is 5.73 Å². The molecule has 0 unspecified atom stereocenters. The van der Waals surface area contributed by atoms with Gasteiger partial charge in [0, 0.05) is 30.1 Å². The van der Waals surface area contributed by atoms with Crippen LogP contribution in [0.3, 0.4) is 0 Å². The summed E-state index contributed by atoms with van der Waals surface area (Å²) in [6.07, 6.45) is 3.33. The summed E-state index contributed by atoms with van der Waals surface area (Å²) in [7, 11) is 0. The maximum atomic E-state index is 11.6. The van der Waals surface area contributed by atoms with Crippen molar-refractivity contribution in [2.75, 3.05) is 18.0 Å². The summed E-state index contributed by atoms with van der Waals surface area (Å²) < 4.78 is 3.24. The molecule has 2 N–H and O–H groups in total. The van der Waals surface area contributed by atoms with Crippen molar-refractivity contribution in [3.63, 3.8) is 0 Å². The number of hydrogen-bond acceptors (Lipinski definition) is 5. The Morgan fingerprint density at radius 2 is 2.12 bits per heavy atom. The molecule has 128 valence electrons. The predicted molar refractivity (Wildman–Crippen MR) is 99.3 cm³/mol. The summed E-state index contributed by atoms with van der Waals surface area (Å²) in [6.45, 7) is 2.43. The van der Waals surface area contributed by atoms with E-state index in [-0.39, 0.29) is 16.7 Å². The fraction of sp³-hybridized carbons (Fsp3) is 0.533. The highest BCUT2D eigenvalue weighted by atomic mass is 79.9. The molecule has 1 aromatic heterocycles. The van der Waals surface area contributed by atoms with Gasteiger partial charge in [0.1, 0.15) is 4.47 Å². The normalized spacial score (nSPS) is 21.0. The molecule has 2 aliphatic rings. The molecular formula is C15H17Br2N5O2. The van der Waals surface area contributed by atoms with Crippen LogP contribution in [-0.2, 0) is 6.54 Å². The first-order valence-electron chi connectivity index (χ1n) is 7.99. The topological polar surface area (TPSA) is 90.2 Å². The van der Waals surface area contributed by atoms with Crippen molar-refractivity contribution in [2.24, 2.45) is 11.7 Å². The highest BCUT2D eigenvalue weighted by Crippen LogP contribution is 2.42. The molecule has 1 aliphatic heterocycles. The van der Waals surface area contributed by atoms with E-state index in [0.29, 0.717) is 20.4 Å². The summed E-state index contributed by atoms with van der Waals surface area (Å²) in [6, 6.07) is 2.05. The summed E-state index contributed by atoms with van der Waals surface area (Å²) in [5, 5.41) is 11.6. The molecule has 1 saturated carbocycles. The molecule has 2 fully saturated rings. The molecule has 2 aromatic rings. The number of nitro benzene ring substituents is 1. The molecule has 0 bridgehead atoms. The van der Waals surface area contributed by atoms with E-state index in [1.165, 1.54) is 12.8 Å². The van der Waals surface area contributed by atoms with Crippen molar-refractivity contribution in [3.05, 3.63) is 25.1 Å². The number of nitrogens with zero attached hydrogens (tertiary/aromatic N) is 4. The second kappa shape index (κ2) is 5.96. The minimum Gasteiger partial charge on any atom is -0.341 e. The monoisotopic (exact) mass is 457 g/mol. The Balaban J connectivity index is 1.93. The number of benzene rings is 1. The average molecular weight is 459 g/mol. The largest absolute Gasteiger partial charge is 0.341 e. The number of anilines is 1. The molecule has 7 nitrogen and oxygen atoms in total. The van der Waals surface area contributed by atoms with Crippen LogP contribution in [0.15, 0.2) is 15.0 Å². The van der Waals surface area contributed by atoms with Gasteiger partial charge in [-0.1, -0.05) is 0 Å². The lowest BCUT2D eigenvalue weighted by molar-refractivity contribution is -0.384. The van der Waals surface area contributed by atoms with Gasteiger partial charge in [-0.2, -0.15) is 0 Å². The third-order valence-electron chi connectivity index (χ3n) is 4.72. The maximum Gasteiger partial charge on any atom is 0.312 e. The first-order chi connectivity index (χ1) is 11.5. The lowest BCUT2D eigenvalue weighted by atomic mass is 10.2. The van der Waals surface area contributed by atoms with Gasteiger partial charge in [-0.3, -0.25) is 10.1 Å². The Kier molecular flexibility index (Phi) is 4.04. The molecular weight excluding hydrogens is 442 g/mol. The lowest BCUT2D eigenvalue weighted by Crippen LogP contribution is -2.28. The number of hydrogen-bond donors (Lipinski definition) is 1. The van der Waals surface area contributed by atoms with E-state index in [2.05, 4.69) is 46.3 Å². The van der Waals surface area contributed by atoms with Gasteiger partial charge in [-0.25, -0.2) is 4.98 Å². The SMILES string of the molecule is N[C@H]1CCN(c2nc3c([N+](=O)[O-])c(Br)c(Br)cc3n2CC2CC2)C1. The molecule has 4 rings (SSSR count). The molecule has 1 atom stereocenters. The van der Waals surface area contributed by atoms with Gasteiger partial charge >= 0.3 is 5.69 Å². The number of aromatic nitrogens is 2. The standard InChI is InChI=1S/C15H17Br2N5O2/c16-10-5-11-13(14(12(10)17)22(23)24)19-15(20-4-3-9(18)7-20)21(11)6-8-1-2-8/h5,8-9H,1-4,6-7,18H2/t9-/m0/s1. The second-order valence-electron chi connectivity index (χ2n) is 6.61. The summed E-state index contributed by atoms with van der Waals surface area (Å²) in [5.41, 5.74) is 7.30. The number of halogens is 2.